The number of carbonyl (C=O) groups excluding carboxylic acids is 1. The third-order valence-corrected chi connectivity index (χ3v) is 9.55. The molecule has 3 rings (SSSR count). The lowest BCUT2D eigenvalue weighted by Gasteiger charge is -2.31. The van der Waals surface area contributed by atoms with Gasteiger partial charge in [0.15, 0.2) is 6.29 Å². The SMILES string of the molecule is CC(C)c1cc(C(C)C)c(-c2c(C(C)C)cc(C(C)C)c(-c3c(C(C)C)cc(C(C)C)cc3C(C)C)c2C=O)c(C(C)C)c1. The summed E-state index contributed by atoms with van der Waals surface area (Å²) in [6.07, 6.45) is 1.21. The van der Waals surface area contributed by atoms with Crippen molar-refractivity contribution in [2.75, 3.05) is 0 Å². The molecule has 0 bridgehead atoms. The van der Waals surface area contributed by atoms with E-state index in [1.54, 1.807) is 0 Å². The molecule has 44 heavy (non-hydrogen) atoms. The molecule has 0 aliphatic carbocycles. The average Bonchev–Trinajstić information content (AvgIpc) is 2.93. The van der Waals surface area contributed by atoms with Gasteiger partial charge in [-0.25, -0.2) is 0 Å². The zero-order chi connectivity index (χ0) is 33.4. The quantitative estimate of drug-likeness (QED) is 0.202. The molecule has 0 radical (unpaired) electrons. The lowest BCUT2D eigenvalue weighted by Crippen LogP contribution is -2.12. The van der Waals surface area contributed by atoms with E-state index in [-0.39, 0.29) is 11.8 Å². The summed E-state index contributed by atoms with van der Waals surface area (Å²) in [7, 11) is 0. The van der Waals surface area contributed by atoms with E-state index in [9.17, 15) is 4.79 Å². The van der Waals surface area contributed by atoms with E-state index < -0.39 is 0 Å². The predicted octanol–water partition coefficient (Wildman–Crippen LogP) is 13.8. The van der Waals surface area contributed by atoms with Crippen molar-refractivity contribution in [2.24, 2.45) is 0 Å². The summed E-state index contributed by atoms with van der Waals surface area (Å²) in [5, 5.41) is 0. The van der Waals surface area contributed by atoms with Gasteiger partial charge in [0.1, 0.15) is 0 Å². The van der Waals surface area contributed by atoms with Crippen molar-refractivity contribution >= 4 is 6.29 Å². The van der Waals surface area contributed by atoms with Crippen LogP contribution in [0.15, 0.2) is 30.3 Å². The van der Waals surface area contributed by atoms with Crippen LogP contribution >= 0.6 is 0 Å². The van der Waals surface area contributed by atoms with Gasteiger partial charge in [0.25, 0.3) is 0 Å². The molecule has 0 fully saturated rings. The van der Waals surface area contributed by atoms with Crippen molar-refractivity contribution in [3.63, 3.8) is 0 Å². The number of aldehydes is 1. The Balaban J connectivity index is 2.78. The molecular weight excluding hydrogens is 532 g/mol. The largest absolute Gasteiger partial charge is 0.298 e. The number of benzene rings is 3. The maximum atomic E-state index is 13.8. The van der Waals surface area contributed by atoms with Crippen molar-refractivity contribution in [2.45, 2.75) is 158 Å². The van der Waals surface area contributed by atoms with Crippen molar-refractivity contribution in [1.29, 1.82) is 0 Å². The van der Waals surface area contributed by atoms with Crippen molar-refractivity contribution < 1.29 is 4.79 Å². The normalized spacial score (nSPS) is 12.5. The summed E-state index contributed by atoms with van der Waals surface area (Å²) in [5.74, 6) is 2.75. The fourth-order valence-electron chi connectivity index (χ4n) is 6.82. The van der Waals surface area contributed by atoms with Gasteiger partial charge in [0.2, 0.25) is 0 Å². The Kier molecular flexibility index (Phi) is 11.5. The van der Waals surface area contributed by atoms with E-state index in [2.05, 4.69) is 141 Å². The van der Waals surface area contributed by atoms with E-state index >= 15 is 0 Å². The van der Waals surface area contributed by atoms with Crippen molar-refractivity contribution in [1.82, 2.24) is 0 Å². The van der Waals surface area contributed by atoms with E-state index in [1.807, 2.05) is 0 Å². The van der Waals surface area contributed by atoms with Crippen LogP contribution in [0.2, 0.25) is 0 Å². The minimum Gasteiger partial charge on any atom is -0.298 e. The van der Waals surface area contributed by atoms with Gasteiger partial charge in [-0.3, -0.25) is 4.79 Å². The first-order valence-corrected chi connectivity index (χ1v) is 17.5. The monoisotopic (exact) mass is 594 g/mol. The lowest BCUT2D eigenvalue weighted by molar-refractivity contribution is 0.112. The van der Waals surface area contributed by atoms with Crippen LogP contribution in [0.1, 0.15) is 213 Å². The van der Waals surface area contributed by atoms with Crippen LogP contribution in [-0.4, -0.2) is 6.29 Å². The smallest absolute Gasteiger partial charge is 0.151 e. The molecule has 0 atom stereocenters. The maximum absolute atomic E-state index is 13.8. The Labute approximate surface area is 271 Å². The molecule has 240 valence electrons. The van der Waals surface area contributed by atoms with Crippen LogP contribution in [0.25, 0.3) is 22.3 Å². The van der Waals surface area contributed by atoms with Crippen LogP contribution < -0.4 is 0 Å². The number of hydrogen-bond donors (Lipinski definition) is 0. The van der Waals surface area contributed by atoms with Crippen molar-refractivity contribution in [3.8, 4) is 22.3 Å². The predicted molar refractivity (Wildman–Crippen MR) is 195 cm³/mol. The van der Waals surface area contributed by atoms with Crippen LogP contribution in [0.5, 0.6) is 0 Å². The van der Waals surface area contributed by atoms with Gasteiger partial charge in [-0.15, -0.1) is 0 Å². The molecule has 0 heterocycles. The van der Waals surface area contributed by atoms with Crippen LogP contribution in [-0.2, 0) is 0 Å². The average molecular weight is 595 g/mol. The molecule has 0 aliphatic rings. The van der Waals surface area contributed by atoms with Crippen LogP contribution in [0.3, 0.4) is 0 Å². The molecular formula is C43H62O. The first kappa shape index (κ1) is 35.8. The van der Waals surface area contributed by atoms with Crippen LogP contribution in [0.4, 0.5) is 0 Å². The summed E-state index contributed by atoms with van der Waals surface area (Å²) < 4.78 is 0. The fraction of sp³-hybridized carbons (Fsp3) is 0.558. The molecule has 0 unspecified atom stereocenters. The third-order valence-electron chi connectivity index (χ3n) is 9.55. The lowest BCUT2D eigenvalue weighted by atomic mass is 9.72. The van der Waals surface area contributed by atoms with Crippen molar-refractivity contribution in [3.05, 3.63) is 80.4 Å². The first-order valence-electron chi connectivity index (χ1n) is 17.5. The molecule has 0 saturated heterocycles. The van der Waals surface area contributed by atoms with E-state index in [0.717, 1.165) is 16.7 Å². The van der Waals surface area contributed by atoms with Gasteiger partial charge in [-0.1, -0.05) is 141 Å². The molecule has 0 aliphatic heterocycles. The highest BCUT2D eigenvalue weighted by atomic mass is 16.1. The van der Waals surface area contributed by atoms with E-state index in [0.29, 0.717) is 35.5 Å². The second-order valence-corrected chi connectivity index (χ2v) is 15.7. The highest BCUT2D eigenvalue weighted by Gasteiger charge is 2.30. The first-order chi connectivity index (χ1) is 20.4. The molecule has 1 heteroatoms. The molecule has 3 aromatic carbocycles. The summed E-state index contributed by atoms with van der Waals surface area (Å²) in [5.41, 5.74) is 16.6. The van der Waals surface area contributed by atoms with Gasteiger partial charge < -0.3 is 0 Å². The van der Waals surface area contributed by atoms with E-state index in [4.69, 9.17) is 0 Å². The molecule has 0 N–H and O–H groups in total. The van der Waals surface area contributed by atoms with Gasteiger partial charge in [-0.2, -0.15) is 0 Å². The number of carbonyl (C=O) groups is 1. The minimum atomic E-state index is 0.275. The number of rotatable bonds is 11. The summed E-state index contributed by atoms with van der Waals surface area (Å²) in [6, 6.07) is 12.2. The minimum absolute atomic E-state index is 0.275. The fourth-order valence-corrected chi connectivity index (χ4v) is 6.82. The molecule has 0 saturated carbocycles. The van der Waals surface area contributed by atoms with E-state index in [1.165, 1.54) is 61.9 Å². The van der Waals surface area contributed by atoms with Gasteiger partial charge >= 0.3 is 0 Å². The van der Waals surface area contributed by atoms with Crippen LogP contribution in [0, 0.1) is 0 Å². The molecule has 0 amide bonds. The molecule has 1 nitrogen and oxygen atoms in total. The highest BCUT2D eigenvalue weighted by Crippen LogP contribution is 2.50. The standard InChI is InChI=1S/C43H62O/c1-23(2)31-17-33(25(5)6)40(34(18-31)26(7)8)42-37(29(13)14)21-38(30(15)16)43(39(42)22-44)41-35(27(9)10)19-32(24(3)4)20-36(41)28(11)12/h17-30H,1-16H3. The molecule has 0 aromatic heterocycles. The Bertz CT molecular complexity index is 1310. The van der Waals surface area contributed by atoms with Gasteiger partial charge in [0, 0.05) is 5.56 Å². The Morgan fingerprint density at radius 3 is 0.750 bits per heavy atom. The summed E-state index contributed by atoms with van der Waals surface area (Å²) in [6.45, 7) is 36.8. The Hall–Kier alpha value is -2.67. The van der Waals surface area contributed by atoms with Gasteiger partial charge in [-0.05, 0) is 114 Å². The Morgan fingerprint density at radius 1 is 0.341 bits per heavy atom. The second-order valence-electron chi connectivity index (χ2n) is 15.7. The number of hydrogen-bond acceptors (Lipinski definition) is 1. The summed E-state index contributed by atoms with van der Waals surface area (Å²) >= 11 is 0. The highest BCUT2D eigenvalue weighted by molar-refractivity contribution is 6.02. The molecule has 0 spiro atoms. The second kappa shape index (κ2) is 14.2. The zero-order valence-corrected chi connectivity index (χ0v) is 31.0. The summed E-state index contributed by atoms with van der Waals surface area (Å²) in [4.78, 5) is 13.8. The maximum Gasteiger partial charge on any atom is 0.151 e. The topological polar surface area (TPSA) is 17.1 Å². The Morgan fingerprint density at radius 2 is 0.568 bits per heavy atom. The molecule has 3 aromatic rings. The van der Waals surface area contributed by atoms with Gasteiger partial charge in [0.05, 0.1) is 0 Å². The third kappa shape index (κ3) is 6.93. The zero-order valence-electron chi connectivity index (χ0n) is 31.0.